The van der Waals surface area contributed by atoms with Crippen LogP contribution in [0.15, 0.2) is 47.1 Å². The molecule has 0 aliphatic heterocycles. The Morgan fingerprint density at radius 3 is 2.67 bits per heavy atom. The van der Waals surface area contributed by atoms with Gasteiger partial charge in [-0.1, -0.05) is 30.3 Å². The van der Waals surface area contributed by atoms with Gasteiger partial charge >= 0.3 is 0 Å². The van der Waals surface area contributed by atoms with Crippen LogP contribution in [0.25, 0.3) is 0 Å². The molecule has 0 aliphatic rings. The van der Waals surface area contributed by atoms with Gasteiger partial charge in [0.2, 0.25) is 0 Å². The van der Waals surface area contributed by atoms with Crippen LogP contribution in [0.4, 0.5) is 5.82 Å². The van der Waals surface area contributed by atoms with Crippen LogP contribution in [0.3, 0.4) is 0 Å². The highest BCUT2D eigenvalue weighted by atomic mass is 79.9. The molecule has 4 heteroatoms. The van der Waals surface area contributed by atoms with Crippen molar-refractivity contribution >= 4 is 21.7 Å². The number of hydrogen-bond acceptors (Lipinski definition) is 3. The number of anilines is 1. The summed E-state index contributed by atoms with van der Waals surface area (Å²) < 4.78 is 0.796. The number of hydrogen-bond donors (Lipinski definition) is 1. The maximum Gasteiger partial charge on any atom is 0.140 e. The van der Waals surface area contributed by atoms with Crippen molar-refractivity contribution in [2.75, 3.05) is 5.32 Å². The van der Waals surface area contributed by atoms with Crippen LogP contribution in [0.1, 0.15) is 24.1 Å². The van der Waals surface area contributed by atoms with Gasteiger partial charge in [-0.05, 0) is 34.5 Å². The fourth-order valence-electron chi connectivity index (χ4n) is 1.64. The Morgan fingerprint density at radius 2 is 2.06 bits per heavy atom. The fraction of sp³-hybridized carbons (Fsp3) is 0.143. The first-order valence-corrected chi connectivity index (χ1v) is 6.37. The van der Waals surface area contributed by atoms with Crippen molar-refractivity contribution in [3.05, 3.63) is 58.2 Å². The Balaban J connectivity index is 2.18. The summed E-state index contributed by atoms with van der Waals surface area (Å²) in [4.78, 5) is 4.23. The predicted molar refractivity (Wildman–Crippen MR) is 75.1 cm³/mol. The van der Waals surface area contributed by atoms with E-state index in [1.165, 1.54) is 5.56 Å². The Labute approximate surface area is 115 Å². The smallest absolute Gasteiger partial charge is 0.140 e. The van der Waals surface area contributed by atoms with Gasteiger partial charge in [0.05, 0.1) is 10.0 Å². The van der Waals surface area contributed by atoms with Crippen molar-refractivity contribution in [3.63, 3.8) is 0 Å². The molecule has 0 radical (unpaired) electrons. The monoisotopic (exact) mass is 301 g/mol. The fourth-order valence-corrected chi connectivity index (χ4v) is 2.10. The van der Waals surface area contributed by atoms with E-state index in [0.29, 0.717) is 5.56 Å². The minimum absolute atomic E-state index is 0.155. The molecule has 1 unspecified atom stereocenters. The summed E-state index contributed by atoms with van der Waals surface area (Å²) in [6, 6.07) is 14.1. The second kappa shape index (κ2) is 5.65. The Bertz CT molecular complexity index is 575. The molecule has 0 saturated carbocycles. The molecule has 0 spiro atoms. The number of benzene rings is 1. The summed E-state index contributed by atoms with van der Waals surface area (Å²) in [7, 11) is 0. The van der Waals surface area contributed by atoms with Crippen LogP contribution in [0, 0.1) is 11.3 Å². The van der Waals surface area contributed by atoms with E-state index in [4.69, 9.17) is 5.26 Å². The van der Waals surface area contributed by atoms with Crippen molar-refractivity contribution in [1.82, 2.24) is 4.98 Å². The quantitative estimate of drug-likeness (QED) is 0.935. The standard InChI is InChI=1S/C14H12BrN3/c1-10(12-5-3-2-4-6-12)18-14-13(15)7-11(8-16)9-17-14/h2-7,9-10H,1H3,(H,17,18). The molecule has 1 aromatic carbocycles. The lowest BCUT2D eigenvalue weighted by Crippen LogP contribution is -2.08. The first-order valence-electron chi connectivity index (χ1n) is 5.58. The maximum absolute atomic E-state index is 8.78. The molecule has 1 aromatic heterocycles. The van der Waals surface area contributed by atoms with Crippen molar-refractivity contribution in [2.24, 2.45) is 0 Å². The molecule has 0 fully saturated rings. The van der Waals surface area contributed by atoms with Gasteiger partial charge in [0.15, 0.2) is 0 Å². The van der Waals surface area contributed by atoms with E-state index < -0.39 is 0 Å². The molecule has 1 heterocycles. The van der Waals surface area contributed by atoms with E-state index in [-0.39, 0.29) is 6.04 Å². The molecule has 1 N–H and O–H groups in total. The number of pyridine rings is 1. The maximum atomic E-state index is 8.78. The van der Waals surface area contributed by atoms with Gasteiger partial charge in [0.25, 0.3) is 0 Å². The van der Waals surface area contributed by atoms with Gasteiger partial charge in [-0.25, -0.2) is 4.98 Å². The molecular weight excluding hydrogens is 290 g/mol. The number of nitrogens with zero attached hydrogens (tertiary/aromatic N) is 2. The zero-order valence-corrected chi connectivity index (χ0v) is 11.5. The summed E-state index contributed by atoms with van der Waals surface area (Å²) in [5.41, 5.74) is 1.73. The van der Waals surface area contributed by atoms with Crippen molar-refractivity contribution in [1.29, 1.82) is 5.26 Å². The Morgan fingerprint density at radius 1 is 1.33 bits per heavy atom. The molecule has 0 bridgehead atoms. The van der Waals surface area contributed by atoms with Crippen LogP contribution in [-0.4, -0.2) is 4.98 Å². The number of rotatable bonds is 3. The van der Waals surface area contributed by atoms with Gasteiger partial charge in [0, 0.05) is 12.2 Å². The normalized spacial score (nSPS) is 11.6. The lowest BCUT2D eigenvalue weighted by molar-refractivity contribution is 0.873. The van der Waals surface area contributed by atoms with Gasteiger partial charge in [-0.15, -0.1) is 0 Å². The largest absolute Gasteiger partial charge is 0.363 e. The van der Waals surface area contributed by atoms with E-state index in [0.717, 1.165) is 10.3 Å². The zero-order valence-electron chi connectivity index (χ0n) is 9.89. The van der Waals surface area contributed by atoms with Crippen molar-refractivity contribution in [3.8, 4) is 6.07 Å². The summed E-state index contributed by atoms with van der Waals surface area (Å²) in [6.45, 7) is 2.07. The van der Waals surface area contributed by atoms with Crippen molar-refractivity contribution < 1.29 is 0 Å². The van der Waals surface area contributed by atoms with Gasteiger partial charge < -0.3 is 5.32 Å². The topological polar surface area (TPSA) is 48.7 Å². The second-order valence-corrected chi connectivity index (χ2v) is 4.80. The van der Waals surface area contributed by atoms with Gasteiger partial charge in [-0.2, -0.15) is 5.26 Å². The number of nitriles is 1. The van der Waals surface area contributed by atoms with Gasteiger partial charge in [0.1, 0.15) is 11.9 Å². The molecule has 18 heavy (non-hydrogen) atoms. The summed E-state index contributed by atoms with van der Waals surface area (Å²) in [6.07, 6.45) is 1.56. The number of aromatic nitrogens is 1. The number of halogens is 1. The molecule has 2 rings (SSSR count). The van der Waals surface area contributed by atoms with Gasteiger partial charge in [-0.3, -0.25) is 0 Å². The highest BCUT2D eigenvalue weighted by Crippen LogP contribution is 2.25. The van der Waals surface area contributed by atoms with E-state index in [1.807, 2.05) is 18.2 Å². The second-order valence-electron chi connectivity index (χ2n) is 3.94. The van der Waals surface area contributed by atoms with Crippen molar-refractivity contribution in [2.45, 2.75) is 13.0 Å². The van der Waals surface area contributed by atoms with E-state index in [2.05, 4.69) is 51.4 Å². The third kappa shape index (κ3) is 2.88. The average Bonchev–Trinajstić information content (AvgIpc) is 2.42. The average molecular weight is 302 g/mol. The molecule has 1 atom stereocenters. The van der Waals surface area contributed by atoms with Crippen LogP contribution in [-0.2, 0) is 0 Å². The molecule has 3 nitrogen and oxygen atoms in total. The third-order valence-corrected chi connectivity index (χ3v) is 3.23. The minimum Gasteiger partial charge on any atom is -0.363 e. The molecule has 0 aliphatic carbocycles. The van der Waals surface area contributed by atoms with E-state index >= 15 is 0 Å². The highest BCUT2D eigenvalue weighted by Gasteiger charge is 2.08. The van der Waals surface area contributed by atoms with Crippen LogP contribution < -0.4 is 5.32 Å². The molecule has 0 amide bonds. The lowest BCUT2D eigenvalue weighted by atomic mass is 10.1. The first kappa shape index (κ1) is 12.6. The Hall–Kier alpha value is -1.86. The zero-order chi connectivity index (χ0) is 13.0. The Kier molecular flexibility index (Phi) is 3.96. The van der Waals surface area contributed by atoms with Crippen LogP contribution in [0.5, 0.6) is 0 Å². The summed E-state index contributed by atoms with van der Waals surface area (Å²) in [5, 5.41) is 12.1. The predicted octanol–water partition coefficient (Wildman–Crippen LogP) is 3.89. The first-order chi connectivity index (χ1) is 8.70. The molecule has 90 valence electrons. The number of nitrogens with one attached hydrogen (secondary N) is 1. The lowest BCUT2D eigenvalue weighted by Gasteiger charge is -2.15. The molecule has 2 aromatic rings. The van der Waals surface area contributed by atoms with Crippen LogP contribution in [0.2, 0.25) is 0 Å². The summed E-state index contributed by atoms with van der Waals surface area (Å²) >= 11 is 3.41. The van der Waals surface area contributed by atoms with E-state index in [9.17, 15) is 0 Å². The SMILES string of the molecule is CC(Nc1ncc(C#N)cc1Br)c1ccccc1. The highest BCUT2D eigenvalue weighted by molar-refractivity contribution is 9.10. The molecular formula is C14H12BrN3. The van der Waals surface area contributed by atoms with E-state index in [1.54, 1.807) is 12.3 Å². The molecule has 0 saturated heterocycles. The third-order valence-electron chi connectivity index (χ3n) is 2.62. The van der Waals surface area contributed by atoms with Crippen LogP contribution >= 0.6 is 15.9 Å². The minimum atomic E-state index is 0.155. The summed E-state index contributed by atoms with van der Waals surface area (Å²) in [5.74, 6) is 0.741.